The highest BCUT2D eigenvalue weighted by atomic mass is 35.5. The van der Waals surface area contributed by atoms with Crippen LogP contribution in [0, 0.1) is 0 Å². The Morgan fingerprint density at radius 3 is 2.74 bits per heavy atom. The predicted octanol–water partition coefficient (Wildman–Crippen LogP) is 4.68. The number of esters is 1. The fourth-order valence-corrected chi connectivity index (χ4v) is 3.77. The average molecular weight is 423 g/mol. The highest BCUT2D eigenvalue weighted by molar-refractivity contribution is 7.18. The zero-order valence-corrected chi connectivity index (χ0v) is 16.7. The number of amides is 1. The first-order chi connectivity index (χ1) is 13.0. The first-order valence-electron chi connectivity index (χ1n) is 8.19. The van der Waals surface area contributed by atoms with Crippen molar-refractivity contribution in [2.45, 2.75) is 12.8 Å². The van der Waals surface area contributed by atoms with Crippen LogP contribution in [0.5, 0.6) is 0 Å². The number of aromatic nitrogens is 1. The van der Waals surface area contributed by atoms with Crippen LogP contribution in [-0.4, -0.2) is 30.0 Å². The number of carbonyl (C=O) groups is 2. The maximum absolute atomic E-state index is 12.0. The molecule has 3 aromatic rings. The van der Waals surface area contributed by atoms with Crippen molar-refractivity contribution >= 4 is 56.6 Å². The minimum Gasteiger partial charge on any atom is -0.452 e. The monoisotopic (exact) mass is 422 g/mol. The Labute approximate surface area is 170 Å². The molecule has 3 rings (SSSR count). The summed E-state index contributed by atoms with van der Waals surface area (Å²) in [6, 6.07) is 12.5. The molecule has 1 atom stereocenters. The van der Waals surface area contributed by atoms with Gasteiger partial charge < -0.3 is 10.1 Å². The maximum Gasteiger partial charge on any atom is 0.340 e. The number of hydrogen-bond acceptors (Lipinski definition) is 5. The number of para-hydroxylation sites is 1. The van der Waals surface area contributed by atoms with Crippen LogP contribution < -0.4 is 5.32 Å². The van der Waals surface area contributed by atoms with Crippen molar-refractivity contribution in [2.75, 3.05) is 13.2 Å². The summed E-state index contributed by atoms with van der Waals surface area (Å²) in [6.45, 7) is 1.98. The molecule has 0 aliphatic carbocycles. The van der Waals surface area contributed by atoms with Gasteiger partial charge in [-0.25, -0.2) is 9.78 Å². The van der Waals surface area contributed by atoms with E-state index in [0.29, 0.717) is 6.54 Å². The second-order valence-corrected chi connectivity index (χ2v) is 7.75. The van der Waals surface area contributed by atoms with Crippen molar-refractivity contribution < 1.29 is 14.3 Å². The molecule has 1 unspecified atom stereocenters. The number of thiazole rings is 1. The van der Waals surface area contributed by atoms with Crippen molar-refractivity contribution in [3.8, 4) is 0 Å². The molecule has 0 aliphatic rings. The summed E-state index contributed by atoms with van der Waals surface area (Å²) < 4.78 is 6.11. The van der Waals surface area contributed by atoms with Gasteiger partial charge in [-0.05, 0) is 24.3 Å². The minimum atomic E-state index is -0.697. The summed E-state index contributed by atoms with van der Waals surface area (Å²) in [5.74, 6) is -1.05. The van der Waals surface area contributed by atoms with Crippen LogP contribution in [0.3, 0.4) is 0 Å². The minimum absolute atomic E-state index is 0.0458. The molecular weight excluding hydrogens is 407 g/mol. The normalized spacial score (nSPS) is 12.0. The van der Waals surface area contributed by atoms with E-state index in [4.69, 9.17) is 27.9 Å². The van der Waals surface area contributed by atoms with Crippen LogP contribution in [0.1, 0.15) is 28.2 Å². The molecule has 27 heavy (non-hydrogen) atoms. The van der Waals surface area contributed by atoms with Gasteiger partial charge in [-0.3, -0.25) is 4.79 Å². The van der Waals surface area contributed by atoms with E-state index < -0.39 is 18.5 Å². The number of nitrogens with one attached hydrogen (secondary N) is 1. The molecule has 0 aliphatic heterocycles. The van der Waals surface area contributed by atoms with Gasteiger partial charge in [-0.15, -0.1) is 11.3 Å². The number of nitrogens with zero attached hydrogens (tertiary/aromatic N) is 1. The van der Waals surface area contributed by atoms with E-state index >= 15 is 0 Å². The lowest BCUT2D eigenvalue weighted by Gasteiger charge is -2.11. The third-order valence-electron chi connectivity index (χ3n) is 3.84. The predicted molar refractivity (Wildman–Crippen MR) is 108 cm³/mol. The van der Waals surface area contributed by atoms with E-state index in [0.717, 1.165) is 15.2 Å². The second-order valence-electron chi connectivity index (χ2n) is 5.90. The van der Waals surface area contributed by atoms with E-state index in [1.54, 1.807) is 23.5 Å². The van der Waals surface area contributed by atoms with Gasteiger partial charge in [-0.2, -0.15) is 0 Å². The van der Waals surface area contributed by atoms with Crippen LogP contribution in [0.4, 0.5) is 0 Å². The fourth-order valence-electron chi connectivity index (χ4n) is 2.38. The number of hydrogen-bond donors (Lipinski definition) is 1. The molecule has 1 heterocycles. The largest absolute Gasteiger partial charge is 0.452 e. The Morgan fingerprint density at radius 2 is 1.96 bits per heavy atom. The zero-order chi connectivity index (χ0) is 19.4. The van der Waals surface area contributed by atoms with Crippen LogP contribution >= 0.6 is 34.5 Å². The zero-order valence-electron chi connectivity index (χ0n) is 14.4. The maximum atomic E-state index is 12.0. The van der Waals surface area contributed by atoms with E-state index in [1.807, 2.05) is 31.2 Å². The molecule has 2 aromatic carbocycles. The quantitative estimate of drug-likeness (QED) is 0.585. The molecule has 0 radical (unpaired) electrons. The van der Waals surface area contributed by atoms with Gasteiger partial charge >= 0.3 is 5.97 Å². The van der Waals surface area contributed by atoms with Crippen molar-refractivity contribution in [3.63, 3.8) is 0 Å². The summed E-state index contributed by atoms with van der Waals surface area (Å²) in [6.07, 6.45) is 0. The Balaban J connectivity index is 1.50. The first-order valence-corrected chi connectivity index (χ1v) is 9.76. The lowest BCUT2D eigenvalue weighted by atomic mass is 10.2. The van der Waals surface area contributed by atoms with E-state index in [1.165, 1.54) is 6.07 Å². The third kappa shape index (κ3) is 4.77. The highest BCUT2D eigenvalue weighted by Crippen LogP contribution is 2.27. The highest BCUT2D eigenvalue weighted by Gasteiger charge is 2.17. The summed E-state index contributed by atoms with van der Waals surface area (Å²) in [4.78, 5) is 28.6. The number of ether oxygens (including phenoxy) is 1. The topological polar surface area (TPSA) is 68.3 Å². The van der Waals surface area contributed by atoms with Crippen molar-refractivity contribution in [3.05, 3.63) is 63.1 Å². The van der Waals surface area contributed by atoms with Crippen molar-refractivity contribution in [1.82, 2.24) is 10.3 Å². The first kappa shape index (κ1) is 19.6. The Kier molecular flexibility index (Phi) is 6.31. The molecule has 0 saturated carbocycles. The number of halogens is 2. The van der Waals surface area contributed by atoms with Gasteiger partial charge in [0, 0.05) is 12.5 Å². The van der Waals surface area contributed by atoms with Crippen LogP contribution in [0.25, 0.3) is 10.2 Å². The molecule has 0 spiro atoms. The summed E-state index contributed by atoms with van der Waals surface area (Å²) in [7, 11) is 0. The fraction of sp³-hybridized carbons (Fsp3) is 0.211. The van der Waals surface area contributed by atoms with Crippen molar-refractivity contribution in [1.29, 1.82) is 0 Å². The van der Waals surface area contributed by atoms with Gasteiger partial charge in [-0.1, -0.05) is 48.3 Å². The van der Waals surface area contributed by atoms with E-state index in [2.05, 4.69) is 10.3 Å². The lowest BCUT2D eigenvalue weighted by molar-refractivity contribution is -0.124. The van der Waals surface area contributed by atoms with Gasteiger partial charge in [0.1, 0.15) is 0 Å². The summed E-state index contributed by atoms with van der Waals surface area (Å²) >= 11 is 13.4. The standard InChI is InChI=1S/C19H16Cl2N2O3S/c1-11(18-23-14-7-2-3-8-15(14)27-18)9-22-16(24)10-26-19(25)12-5-4-6-13(20)17(12)21/h2-8,11H,9-10H2,1H3,(H,22,24). The molecule has 8 heteroatoms. The number of rotatable bonds is 6. The molecule has 1 N–H and O–H groups in total. The molecule has 140 valence electrons. The van der Waals surface area contributed by atoms with Gasteiger partial charge in [0.05, 0.1) is 30.8 Å². The van der Waals surface area contributed by atoms with Crippen LogP contribution in [0.15, 0.2) is 42.5 Å². The number of benzene rings is 2. The van der Waals surface area contributed by atoms with Crippen LogP contribution in [0.2, 0.25) is 10.0 Å². The summed E-state index contributed by atoms with van der Waals surface area (Å²) in [5, 5.41) is 4.05. The molecule has 0 saturated heterocycles. The van der Waals surface area contributed by atoms with Crippen LogP contribution in [-0.2, 0) is 9.53 Å². The number of carbonyl (C=O) groups excluding carboxylic acids is 2. The van der Waals surface area contributed by atoms with Gasteiger partial charge in [0.25, 0.3) is 5.91 Å². The Bertz CT molecular complexity index is 957. The molecular formula is C19H16Cl2N2O3S. The van der Waals surface area contributed by atoms with Gasteiger partial charge in [0.2, 0.25) is 0 Å². The lowest BCUT2D eigenvalue weighted by Crippen LogP contribution is -2.31. The second kappa shape index (κ2) is 8.69. The Morgan fingerprint density at radius 1 is 1.19 bits per heavy atom. The molecule has 5 nitrogen and oxygen atoms in total. The van der Waals surface area contributed by atoms with Gasteiger partial charge in [0.15, 0.2) is 6.61 Å². The SMILES string of the molecule is CC(CNC(=O)COC(=O)c1cccc(Cl)c1Cl)c1nc2ccccc2s1. The third-order valence-corrected chi connectivity index (χ3v) is 5.93. The average Bonchev–Trinajstić information content (AvgIpc) is 3.10. The molecule has 1 amide bonds. The van der Waals surface area contributed by atoms with E-state index in [-0.39, 0.29) is 21.5 Å². The summed E-state index contributed by atoms with van der Waals surface area (Å²) in [5.41, 5.74) is 1.07. The Hall–Kier alpha value is -2.15. The number of fused-ring (bicyclic) bond motifs is 1. The van der Waals surface area contributed by atoms with Crippen molar-refractivity contribution in [2.24, 2.45) is 0 Å². The van der Waals surface area contributed by atoms with E-state index in [9.17, 15) is 9.59 Å². The molecule has 1 aromatic heterocycles. The molecule has 0 bridgehead atoms. The molecule has 0 fully saturated rings. The smallest absolute Gasteiger partial charge is 0.340 e.